The van der Waals surface area contributed by atoms with Crippen LogP contribution >= 0.6 is 0 Å². The Morgan fingerprint density at radius 2 is 2.22 bits per heavy atom. The molecule has 6 heteroatoms. The molecule has 100 valence electrons. The standard InChI is InChI=1S/C12H19N3O3/c1-4-13-10-6-17-5-9(10)11(16)14-12-7(2)8(3)15-18-12/h9-10,13H,4-6H2,1-3H3,(H,14,16). The first kappa shape index (κ1) is 13.0. The zero-order valence-electron chi connectivity index (χ0n) is 10.9. The van der Waals surface area contributed by atoms with E-state index in [1.807, 2.05) is 20.8 Å². The molecule has 2 N–H and O–H groups in total. The number of hydrogen-bond acceptors (Lipinski definition) is 5. The Kier molecular flexibility index (Phi) is 3.98. The van der Waals surface area contributed by atoms with Gasteiger partial charge in [-0.3, -0.25) is 10.1 Å². The summed E-state index contributed by atoms with van der Waals surface area (Å²) in [4.78, 5) is 12.1. The molecule has 0 spiro atoms. The lowest BCUT2D eigenvalue weighted by molar-refractivity contribution is -0.120. The Balaban J connectivity index is 2.01. The number of carbonyl (C=O) groups excluding carboxylic acids is 1. The van der Waals surface area contributed by atoms with Gasteiger partial charge in [0.15, 0.2) is 0 Å². The molecule has 1 aliphatic rings. The Bertz CT molecular complexity index is 430. The van der Waals surface area contributed by atoms with Gasteiger partial charge in [-0.15, -0.1) is 0 Å². The summed E-state index contributed by atoms with van der Waals surface area (Å²) >= 11 is 0. The molecular formula is C12H19N3O3. The second kappa shape index (κ2) is 5.49. The number of ether oxygens (including phenoxy) is 1. The van der Waals surface area contributed by atoms with E-state index in [2.05, 4.69) is 15.8 Å². The fourth-order valence-corrected chi connectivity index (χ4v) is 2.01. The number of aromatic nitrogens is 1. The van der Waals surface area contributed by atoms with Crippen LogP contribution in [0.3, 0.4) is 0 Å². The molecule has 0 aliphatic carbocycles. The molecule has 2 rings (SSSR count). The summed E-state index contributed by atoms with van der Waals surface area (Å²) in [5.41, 5.74) is 1.65. The molecule has 6 nitrogen and oxygen atoms in total. The molecule has 1 amide bonds. The van der Waals surface area contributed by atoms with E-state index in [1.165, 1.54) is 0 Å². The van der Waals surface area contributed by atoms with Crippen molar-refractivity contribution in [2.45, 2.75) is 26.8 Å². The van der Waals surface area contributed by atoms with Crippen LogP contribution in [-0.4, -0.2) is 36.9 Å². The quantitative estimate of drug-likeness (QED) is 0.832. The van der Waals surface area contributed by atoms with Crippen LogP contribution in [0.2, 0.25) is 0 Å². The first-order chi connectivity index (χ1) is 8.63. The van der Waals surface area contributed by atoms with E-state index in [4.69, 9.17) is 9.26 Å². The van der Waals surface area contributed by atoms with Crippen LogP contribution in [0.25, 0.3) is 0 Å². The Hall–Kier alpha value is -1.40. The van der Waals surface area contributed by atoms with Crippen molar-refractivity contribution >= 4 is 11.8 Å². The highest BCUT2D eigenvalue weighted by Gasteiger charge is 2.34. The smallest absolute Gasteiger partial charge is 0.234 e. The van der Waals surface area contributed by atoms with Crippen molar-refractivity contribution in [2.24, 2.45) is 5.92 Å². The van der Waals surface area contributed by atoms with Crippen LogP contribution in [0.1, 0.15) is 18.2 Å². The number of carbonyl (C=O) groups is 1. The summed E-state index contributed by atoms with van der Waals surface area (Å²) in [5.74, 6) is 0.159. The maximum atomic E-state index is 12.1. The second-order valence-electron chi connectivity index (χ2n) is 4.52. The van der Waals surface area contributed by atoms with E-state index < -0.39 is 0 Å². The van der Waals surface area contributed by atoms with Crippen LogP contribution in [0.4, 0.5) is 5.88 Å². The Morgan fingerprint density at radius 1 is 1.44 bits per heavy atom. The molecule has 0 aromatic carbocycles. The third kappa shape index (κ3) is 2.54. The molecule has 1 aliphatic heterocycles. The van der Waals surface area contributed by atoms with Crippen LogP contribution < -0.4 is 10.6 Å². The van der Waals surface area contributed by atoms with Gasteiger partial charge in [0, 0.05) is 11.6 Å². The van der Waals surface area contributed by atoms with Crippen LogP contribution in [0.5, 0.6) is 0 Å². The lowest BCUT2D eigenvalue weighted by Gasteiger charge is -2.16. The third-order valence-corrected chi connectivity index (χ3v) is 3.28. The van der Waals surface area contributed by atoms with E-state index in [0.29, 0.717) is 19.1 Å². The lowest BCUT2D eigenvalue weighted by atomic mass is 10.0. The fraction of sp³-hybridized carbons (Fsp3) is 0.667. The SMILES string of the molecule is CCNC1COCC1C(=O)Nc1onc(C)c1C. The molecule has 0 saturated carbocycles. The van der Waals surface area contributed by atoms with Gasteiger partial charge in [-0.2, -0.15) is 0 Å². The van der Waals surface area contributed by atoms with Gasteiger partial charge in [-0.05, 0) is 20.4 Å². The number of rotatable bonds is 4. The molecule has 18 heavy (non-hydrogen) atoms. The average Bonchev–Trinajstić information content (AvgIpc) is 2.92. The number of aryl methyl sites for hydroxylation is 1. The van der Waals surface area contributed by atoms with E-state index in [1.54, 1.807) is 0 Å². The topological polar surface area (TPSA) is 76.4 Å². The summed E-state index contributed by atoms with van der Waals surface area (Å²) in [6.07, 6.45) is 0. The van der Waals surface area contributed by atoms with E-state index in [-0.39, 0.29) is 17.9 Å². The number of anilines is 1. The highest BCUT2D eigenvalue weighted by molar-refractivity contribution is 5.92. The predicted octanol–water partition coefficient (Wildman–Crippen LogP) is 0.854. The second-order valence-corrected chi connectivity index (χ2v) is 4.52. The van der Waals surface area contributed by atoms with E-state index in [0.717, 1.165) is 17.8 Å². The van der Waals surface area contributed by atoms with Crippen molar-refractivity contribution in [2.75, 3.05) is 25.1 Å². The molecule has 1 fully saturated rings. The highest BCUT2D eigenvalue weighted by Crippen LogP contribution is 2.20. The summed E-state index contributed by atoms with van der Waals surface area (Å²) < 4.78 is 10.4. The van der Waals surface area contributed by atoms with Gasteiger partial charge in [0.1, 0.15) is 0 Å². The van der Waals surface area contributed by atoms with Crippen molar-refractivity contribution < 1.29 is 14.1 Å². The van der Waals surface area contributed by atoms with E-state index >= 15 is 0 Å². The van der Waals surface area contributed by atoms with Gasteiger partial charge < -0.3 is 14.6 Å². The average molecular weight is 253 g/mol. The maximum Gasteiger partial charge on any atom is 0.234 e. The third-order valence-electron chi connectivity index (χ3n) is 3.28. The predicted molar refractivity (Wildman–Crippen MR) is 66.4 cm³/mol. The van der Waals surface area contributed by atoms with Gasteiger partial charge in [-0.1, -0.05) is 12.1 Å². The van der Waals surface area contributed by atoms with Crippen LogP contribution in [0, 0.1) is 19.8 Å². The van der Waals surface area contributed by atoms with Gasteiger partial charge in [0.25, 0.3) is 0 Å². The first-order valence-electron chi connectivity index (χ1n) is 6.18. The minimum absolute atomic E-state index is 0.0688. The summed E-state index contributed by atoms with van der Waals surface area (Å²) in [6, 6.07) is 0.0688. The number of likely N-dealkylation sites (N-methyl/N-ethyl adjacent to an activating group) is 1. The van der Waals surface area contributed by atoms with E-state index in [9.17, 15) is 4.79 Å². The van der Waals surface area contributed by atoms with Crippen LogP contribution in [0.15, 0.2) is 4.52 Å². The molecule has 2 atom stereocenters. The minimum Gasteiger partial charge on any atom is -0.379 e. The van der Waals surface area contributed by atoms with Gasteiger partial charge in [-0.25, -0.2) is 0 Å². The van der Waals surface area contributed by atoms with Crippen molar-refractivity contribution in [1.29, 1.82) is 0 Å². The molecule has 2 unspecified atom stereocenters. The molecular weight excluding hydrogens is 234 g/mol. The summed E-state index contributed by atoms with van der Waals surface area (Å²) in [7, 11) is 0. The van der Waals surface area contributed by atoms with Gasteiger partial charge in [0.05, 0.1) is 24.8 Å². The Morgan fingerprint density at radius 3 is 2.83 bits per heavy atom. The number of amides is 1. The van der Waals surface area contributed by atoms with Gasteiger partial charge in [0.2, 0.25) is 11.8 Å². The highest BCUT2D eigenvalue weighted by atomic mass is 16.5. The molecule has 1 aromatic heterocycles. The first-order valence-corrected chi connectivity index (χ1v) is 6.18. The summed E-state index contributed by atoms with van der Waals surface area (Å²) in [5, 5.41) is 9.84. The number of nitrogens with one attached hydrogen (secondary N) is 2. The van der Waals surface area contributed by atoms with Crippen molar-refractivity contribution in [3.8, 4) is 0 Å². The Labute approximate surface area is 106 Å². The summed E-state index contributed by atoms with van der Waals surface area (Å²) in [6.45, 7) is 7.55. The zero-order chi connectivity index (χ0) is 13.1. The number of hydrogen-bond donors (Lipinski definition) is 2. The maximum absolute atomic E-state index is 12.1. The monoisotopic (exact) mass is 253 g/mol. The van der Waals surface area contributed by atoms with Crippen LogP contribution in [-0.2, 0) is 9.53 Å². The zero-order valence-corrected chi connectivity index (χ0v) is 10.9. The van der Waals surface area contributed by atoms with Crippen molar-refractivity contribution in [3.05, 3.63) is 11.3 Å². The molecule has 0 radical (unpaired) electrons. The van der Waals surface area contributed by atoms with Gasteiger partial charge >= 0.3 is 0 Å². The molecule has 2 heterocycles. The molecule has 0 bridgehead atoms. The molecule has 1 saturated heterocycles. The lowest BCUT2D eigenvalue weighted by Crippen LogP contribution is -2.41. The molecule has 1 aromatic rings. The van der Waals surface area contributed by atoms with Crippen molar-refractivity contribution in [1.82, 2.24) is 10.5 Å². The minimum atomic E-state index is -0.185. The fourth-order valence-electron chi connectivity index (χ4n) is 2.01. The van der Waals surface area contributed by atoms with Crippen molar-refractivity contribution in [3.63, 3.8) is 0 Å². The normalized spacial score (nSPS) is 23.3. The number of nitrogens with zero attached hydrogens (tertiary/aromatic N) is 1. The largest absolute Gasteiger partial charge is 0.379 e.